The van der Waals surface area contributed by atoms with Crippen LogP contribution in [0, 0.1) is 13.8 Å². The first kappa shape index (κ1) is 15.2. The van der Waals surface area contributed by atoms with E-state index >= 15 is 0 Å². The molecule has 6 heteroatoms. The molecule has 0 radical (unpaired) electrons. The molecule has 0 saturated heterocycles. The van der Waals surface area contributed by atoms with Crippen LogP contribution in [0.15, 0.2) is 34.7 Å². The van der Waals surface area contributed by atoms with Crippen LogP contribution in [0.25, 0.3) is 0 Å². The van der Waals surface area contributed by atoms with Crippen molar-refractivity contribution in [2.45, 2.75) is 26.6 Å². The number of carbonyl (C=O) groups excluding carboxylic acids is 1. The number of carbonyl (C=O) groups is 1. The molecule has 0 saturated carbocycles. The molecule has 0 bridgehead atoms. The van der Waals surface area contributed by atoms with E-state index in [0.29, 0.717) is 5.56 Å². The van der Waals surface area contributed by atoms with Crippen molar-refractivity contribution in [3.8, 4) is 0 Å². The van der Waals surface area contributed by atoms with Crippen molar-refractivity contribution in [2.75, 3.05) is 0 Å². The third kappa shape index (κ3) is 3.65. The summed E-state index contributed by atoms with van der Waals surface area (Å²) in [4.78, 5) is 11.8. The van der Waals surface area contributed by atoms with E-state index in [1.54, 1.807) is 12.1 Å². The number of furan rings is 1. The van der Waals surface area contributed by atoms with Crippen LogP contribution in [-0.4, -0.2) is 5.97 Å². The minimum Gasteiger partial charge on any atom is -0.457 e. The van der Waals surface area contributed by atoms with Gasteiger partial charge in [-0.1, -0.05) is 29.8 Å². The highest BCUT2D eigenvalue weighted by molar-refractivity contribution is 5.90. The topological polar surface area (TPSA) is 39.4 Å². The zero-order valence-electron chi connectivity index (χ0n) is 11.5. The number of ether oxygens (including phenoxy) is 1. The number of hydrogen-bond acceptors (Lipinski definition) is 3. The van der Waals surface area contributed by atoms with Crippen LogP contribution in [0.3, 0.4) is 0 Å². The Morgan fingerprint density at radius 2 is 1.81 bits per heavy atom. The molecule has 3 nitrogen and oxygen atoms in total. The van der Waals surface area contributed by atoms with Gasteiger partial charge in [-0.05, 0) is 25.5 Å². The molecule has 2 rings (SSSR count). The summed E-state index contributed by atoms with van der Waals surface area (Å²) in [6.45, 7) is 3.15. The Kier molecular flexibility index (Phi) is 4.06. The Hall–Kier alpha value is -2.24. The van der Waals surface area contributed by atoms with Crippen LogP contribution in [-0.2, 0) is 17.5 Å². The van der Waals surface area contributed by atoms with E-state index in [2.05, 4.69) is 4.42 Å². The van der Waals surface area contributed by atoms with Gasteiger partial charge in [-0.25, -0.2) is 4.79 Å². The maximum Gasteiger partial charge on any atom is 0.450 e. The molecule has 0 aliphatic carbocycles. The summed E-state index contributed by atoms with van der Waals surface area (Å²) in [7, 11) is 0. The molecule has 0 spiro atoms. The molecule has 21 heavy (non-hydrogen) atoms. The number of esters is 1. The van der Waals surface area contributed by atoms with Gasteiger partial charge >= 0.3 is 12.1 Å². The molecule has 112 valence electrons. The summed E-state index contributed by atoms with van der Waals surface area (Å²) in [6, 6.07) is 8.17. The molecule has 1 aromatic carbocycles. The van der Waals surface area contributed by atoms with Gasteiger partial charge in [-0.2, -0.15) is 13.2 Å². The first-order valence-corrected chi connectivity index (χ1v) is 6.17. The third-order valence-corrected chi connectivity index (χ3v) is 2.82. The van der Waals surface area contributed by atoms with E-state index in [-0.39, 0.29) is 12.4 Å². The molecule has 0 aliphatic rings. The van der Waals surface area contributed by atoms with Crippen molar-refractivity contribution in [1.82, 2.24) is 0 Å². The van der Waals surface area contributed by atoms with E-state index in [4.69, 9.17) is 4.74 Å². The zero-order valence-corrected chi connectivity index (χ0v) is 11.5. The second-order valence-corrected chi connectivity index (χ2v) is 4.66. The van der Waals surface area contributed by atoms with E-state index in [1.165, 1.54) is 6.92 Å². The SMILES string of the molecule is Cc1ccc(COC(=O)c2cc(C)oc2C(F)(F)F)cc1. The van der Waals surface area contributed by atoms with Gasteiger partial charge in [0.25, 0.3) is 0 Å². The largest absolute Gasteiger partial charge is 0.457 e. The number of benzene rings is 1. The van der Waals surface area contributed by atoms with Crippen molar-refractivity contribution in [3.63, 3.8) is 0 Å². The van der Waals surface area contributed by atoms with E-state index in [1.807, 2.05) is 19.1 Å². The van der Waals surface area contributed by atoms with E-state index < -0.39 is 23.5 Å². The van der Waals surface area contributed by atoms with Gasteiger partial charge in [0.2, 0.25) is 5.76 Å². The summed E-state index contributed by atoms with van der Waals surface area (Å²) in [6.07, 6.45) is -4.73. The molecule has 2 aromatic rings. The molecule has 0 unspecified atom stereocenters. The van der Waals surface area contributed by atoms with Crippen LogP contribution < -0.4 is 0 Å². The monoisotopic (exact) mass is 298 g/mol. The zero-order chi connectivity index (χ0) is 15.6. The predicted octanol–water partition coefficient (Wildman–Crippen LogP) is 4.27. The maximum absolute atomic E-state index is 12.7. The lowest BCUT2D eigenvalue weighted by Crippen LogP contribution is -2.12. The molecule has 0 amide bonds. The van der Waals surface area contributed by atoms with Gasteiger partial charge in [0.15, 0.2) is 0 Å². The fraction of sp³-hybridized carbons (Fsp3) is 0.267. The second kappa shape index (κ2) is 5.63. The summed E-state index contributed by atoms with van der Waals surface area (Å²) in [5.74, 6) is -2.38. The molecule has 1 aromatic heterocycles. The number of hydrogen-bond donors (Lipinski definition) is 0. The van der Waals surface area contributed by atoms with Gasteiger partial charge in [0.05, 0.1) is 0 Å². The van der Waals surface area contributed by atoms with Crippen molar-refractivity contribution < 1.29 is 27.1 Å². The Morgan fingerprint density at radius 1 is 1.19 bits per heavy atom. The van der Waals surface area contributed by atoms with Crippen LogP contribution in [0.5, 0.6) is 0 Å². The Bertz CT molecular complexity index is 639. The molecule has 0 fully saturated rings. The van der Waals surface area contributed by atoms with Gasteiger partial charge in [0.1, 0.15) is 17.9 Å². The Morgan fingerprint density at radius 3 is 2.38 bits per heavy atom. The summed E-state index contributed by atoms with van der Waals surface area (Å²) in [5, 5.41) is 0. The smallest absolute Gasteiger partial charge is 0.450 e. The normalized spacial score (nSPS) is 11.5. The molecular weight excluding hydrogens is 285 g/mol. The molecule has 0 atom stereocenters. The Balaban J connectivity index is 2.12. The molecule has 0 aliphatic heterocycles. The quantitative estimate of drug-likeness (QED) is 0.794. The fourth-order valence-corrected chi connectivity index (χ4v) is 1.79. The standard InChI is InChI=1S/C15H13F3O3/c1-9-3-5-11(6-4-9)8-20-14(19)12-7-10(2)21-13(12)15(16,17)18/h3-7H,8H2,1-2H3. The number of aryl methyl sites for hydroxylation is 2. The third-order valence-electron chi connectivity index (χ3n) is 2.82. The minimum absolute atomic E-state index is 0.00427. The molecular formula is C15H13F3O3. The lowest BCUT2D eigenvalue weighted by atomic mass is 10.2. The fourth-order valence-electron chi connectivity index (χ4n) is 1.79. The van der Waals surface area contributed by atoms with Crippen molar-refractivity contribution >= 4 is 5.97 Å². The average Bonchev–Trinajstić information content (AvgIpc) is 2.80. The maximum atomic E-state index is 12.7. The minimum atomic E-state index is -4.73. The Labute approximate surface area is 119 Å². The lowest BCUT2D eigenvalue weighted by molar-refractivity contribution is -0.153. The first-order chi connectivity index (χ1) is 9.77. The van der Waals surface area contributed by atoms with Gasteiger partial charge in [0, 0.05) is 0 Å². The molecule has 1 heterocycles. The van der Waals surface area contributed by atoms with E-state index in [9.17, 15) is 18.0 Å². The number of alkyl halides is 3. The second-order valence-electron chi connectivity index (χ2n) is 4.66. The van der Waals surface area contributed by atoms with Gasteiger partial charge in [-0.15, -0.1) is 0 Å². The van der Waals surface area contributed by atoms with Crippen molar-refractivity contribution in [3.05, 3.63) is 58.5 Å². The predicted molar refractivity (Wildman–Crippen MR) is 68.7 cm³/mol. The summed E-state index contributed by atoms with van der Waals surface area (Å²) < 4.78 is 47.6. The highest BCUT2D eigenvalue weighted by atomic mass is 19.4. The summed E-state index contributed by atoms with van der Waals surface area (Å²) in [5.41, 5.74) is 1.13. The average molecular weight is 298 g/mol. The van der Waals surface area contributed by atoms with Crippen LogP contribution in [0.1, 0.15) is 33.0 Å². The van der Waals surface area contributed by atoms with Crippen LogP contribution >= 0.6 is 0 Å². The van der Waals surface area contributed by atoms with Gasteiger partial charge < -0.3 is 9.15 Å². The number of halogens is 3. The van der Waals surface area contributed by atoms with Crippen LogP contribution in [0.2, 0.25) is 0 Å². The van der Waals surface area contributed by atoms with Crippen LogP contribution in [0.4, 0.5) is 13.2 Å². The molecule has 0 N–H and O–H groups in total. The highest BCUT2D eigenvalue weighted by Crippen LogP contribution is 2.34. The summed E-state index contributed by atoms with van der Waals surface area (Å²) >= 11 is 0. The number of rotatable bonds is 3. The van der Waals surface area contributed by atoms with Crippen molar-refractivity contribution in [1.29, 1.82) is 0 Å². The lowest BCUT2D eigenvalue weighted by Gasteiger charge is -2.07. The first-order valence-electron chi connectivity index (χ1n) is 6.17. The highest BCUT2D eigenvalue weighted by Gasteiger charge is 2.40. The van der Waals surface area contributed by atoms with Crippen molar-refractivity contribution in [2.24, 2.45) is 0 Å². The van der Waals surface area contributed by atoms with E-state index in [0.717, 1.165) is 11.6 Å². The van der Waals surface area contributed by atoms with Gasteiger partial charge in [-0.3, -0.25) is 0 Å².